The quantitative estimate of drug-likeness (QED) is 0.759. The predicted molar refractivity (Wildman–Crippen MR) is 55.3 cm³/mol. The summed E-state index contributed by atoms with van der Waals surface area (Å²) in [5.41, 5.74) is -0.258. The van der Waals surface area contributed by atoms with Crippen molar-refractivity contribution in [1.29, 1.82) is 0 Å². The molecule has 0 unspecified atom stereocenters. The Labute approximate surface area is 86.0 Å². The maximum absolute atomic E-state index is 11.2. The molecule has 0 rings (SSSR count). The van der Waals surface area contributed by atoms with Gasteiger partial charge in [0.15, 0.2) is 0 Å². The van der Waals surface area contributed by atoms with Crippen LogP contribution >= 0.6 is 0 Å². The molecule has 4 nitrogen and oxygen atoms in total. The first-order valence-corrected chi connectivity index (χ1v) is 4.91. The summed E-state index contributed by atoms with van der Waals surface area (Å²) in [7, 11) is 0. The van der Waals surface area contributed by atoms with Gasteiger partial charge in [-0.25, -0.2) is 4.79 Å². The van der Waals surface area contributed by atoms with E-state index < -0.39 is 6.09 Å². The standard InChI is InChI=1S/C10H21NO3/c1-6-13-8(2)7-14-9(12)11-10(3,4)5/h8H,6-7H2,1-5H3,(H,11,12)/t8-/m1/s1. The maximum atomic E-state index is 11.2. The first kappa shape index (κ1) is 13.2. The molecule has 0 aliphatic heterocycles. The number of ether oxygens (including phenoxy) is 2. The summed E-state index contributed by atoms with van der Waals surface area (Å²) < 4.78 is 10.2. The lowest BCUT2D eigenvalue weighted by Crippen LogP contribution is -2.41. The SMILES string of the molecule is CCO[C@H](C)COC(=O)NC(C)(C)C. The molecule has 4 heteroatoms. The van der Waals surface area contributed by atoms with Crippen molar-refractivity contribution in [2.75, 3.05) is 13.2 Å². The Morgan fingerprint density at radius 2 is 2.00 bits per heavy atom. The lowest BCUT2D eigenvalue weighted by atomic mass is 10.1. The van der Waals surface area contributed by atoms with Gasteiger partial charge in [-0.2, -0.15) is 0 Å². The van der Waals surface area contributed by atoms with E-state index in [-0.39, 0.29) is 18.2 Å². The third kappa shape index (κ3) is 7.86. The third-order valence-corrected chi connectivity index (χ3v) is 1.38. The first-order chi connectivity index (χ1) is 6.35. The van der Waals surface area contributed by atoms with Gasteiger partial charge in [0, 0.05) is 12.1 Å². The molecular weight excluding hydrogens is 182 g/mol. The second kappa shape index (κ2) is 5.86. The molecule has 0 aliphatic rings. The van der Waals surface area contributed by atoms with Crippen molar-refractivity contribution < 1.29 is 14.3 Å². The van der Waals surface area contributed by atoms with Crippen LogP contribution in [0.15, 0.2) is 0 Å². The molecule has 14 heavy (non-hydrogen) atoms. The Morgan fingerprint density at radius 1 is 1.43 bits per heavy atom. The number of alkyl carbamates (subject to hydrolysis) is 1. The fourth-order valence-corrected chi connectivity index (χ4v) is 0.868. The zero-order valence-electron chi connectivity index (χ0n) is 9.72. The van der Waals surface area contributed by atoms with Crippen molar-refractivity contribution in [2.45, 2.75) is 46.3 Å². The van der Waals surface area contributed by atoms with E-state index in [1.165, 1.54) is 0 Å². The number of nitrogens with one attached hydrogen (secondary N) is 1. The average molecular weight is 203 g/mol. The number of hydrogen-bond donors (Lipinski definition) is 1. The topological polar surface area (TPSA) is 47.6 Å². The Morgan fingerprint density at radius 3 is 2.43 bits per heavy atom. The maximum Gasteiger partial charge on any atom is 0.407 e. The van der Waals surface area contributed by atoms with Gasteiger partial charge in [0.1, 0.15) is 6.61 Å². The lowest BCUT2D eigenvalue weighted by molar-refractivity contribution is 0.0206. The van der Waals surface area contributed by atoms with Crippen molar-refractivity contribution in [3.63, 3.8) is 0 Å². The summed E-state index contributed by atoms with van der Waals surface area (Å²) in [6, 6.07) is 0. The normalized spacial score (nSPS) is 13.5. The van der Waals surface area contributed by atoms with Crippen LogP contribution in [-0.2, 0) is 9.47 Å². The van der Waals surface area contributed by atoms with E-state index in [1.807, 2.05) is 34.6 Å². The molecule has 0 aliphatic carbocycles. The molecule has 0 fully saturated rings. The molecule has 0 aromatic heterocycles. The summed E-state index contributed by atoms with van der Waals surface area (Å²) in [4.78, 5) is 11.2. The van der Waals surface area contributed by atoms with E-state index in [0.29, 0.717) is 6.61 Å². The first-order valence-electron chi connectivity index (χ1n) is 4.91. The second-order valence-corrected chi connectivity index (χ2v) is 4.24. The van der Waals surface area contributed by atoms with Crippen LogP contribution in [0.1, 0.15) is 34.6 Å². The highest BCUT2D eigenvalue weighted by atomic mass is 16.6. The highest BCUT2D eigenvalue weighted by Gasteiger charge is 2.15. The van der Waals surface area contributed by atoms with Crippen LogP contribution in [0.25, 0.3) is 0 Å². The van der Waals surface area contributed by atoms with Gasteiger partial charge in [-0.05, 0) is 34.6 Å². The Balaban J connectivity index is 3.64. The minimum atomic E-state index is -0.399. The van der Waals surface area contributed by atoms with Crippen molar-refractivity contribution in [3.05, 3.63) is 0 Å². The Kier molecular flexibility index (Phi) is 5.53. The van der Waals surface area contributed by atoms with Gasteiger partial charge >= 0.3 is 6.09 Å². The zero-order valence-corrected chi connectivity index (χ0v) is 9.72. The van der Waals surface area contributed by atoms with Crippen LogP contribution in [0.5, 0.6) is 0 Å². The molecular formula is C10H21NO3. The minimum Gasteiger partial charge on any atom is -0.447 e. The summed E-state index contributed by atoms with van der Waals surface area (Å²) in [5.74, 6) is 0. The van der Waals surface area contributed by atoms with E-state index in [9.17, 15) is 4.79 Å². The molecule has 0 aromatic rings. The highest BCUT2D eigenvalue weighted by molar-refractivity contribution is 5.68. The van der Waals surface area contributed by atoms with Crippen molar-refractivity contribution in [1.82, 2.24) is 5.32 Å². The van der Waals surface area contributed by atoms with Crippen LogP contribution in [0.3, 0.4) is 0 Å². The van der Waals surface area contributed by atoms with Gasteiger partial charge in [0.25, 0.3) is 0 Å². The van der Waals surface area contributed by atoms with Crippen LogP contribution in [0, 0.1) is 0 Å². The third-order valence-electron chi connectivity index (χ3n) is 1.38. The van der Waals surface area contributed by atoms with Gasteiger partial charge < -0.3 is 14.8 Å². The molecule has 84 valence electrons. The molecule has 0 heterocycles. The summed E-state index contributed by atoms with van der Waals surface area (Å²) in [6.07, 6.45) is -0.449. The molecule has 1 atom stereocenters. The van der Waals surface area contributed by atoms with E-state index in [1.54, 1.807) is 0 Å². The van der Waals surface area contributed by atoms with E-state index in [4.69, 9.17) is 9.47 Å². The van der Waals surface area contributed by atoms with E-state index in [2.05, 4.69) is 5.32 Å². The highest BCUT2D eigenvalue weighted by Crippen LogP contribution is 1.99. The zero-order chi connectivity index (χ0) is 11.2. The second-order valence-electron chi connectivity index (χ2n) is 4.24. The Bertz CT molecular complexity index is 175. The fourth-order valence-electron chi connectivity index (χ4n) is 0.868. The van der Waals surface area contributed by atoms with Crippen LogP contribution in [-0.4, -0.2) is 30.9 Å². The number of carbonyl (C=O) groups is 1. The van der Waals surface area contributed by atoms with E-state index in [0.717, 1.165) is 0 Å². The van der Waals surface area contributed by atoms with Gasteiger partial charge in [0.2, 0.25) is 0 Å². The molecule has 0 spiro atoms. The molecule has 0 saturated carbocycles. The number of hydrogen-bond acceptors (Lipinski definition) is 3. The predicted octanol–water partition coefficient (Wildman–Crippen LogP) is 1.94. The van der Waals surface area contributed by atoms with Gasteiger partial charge in [-0.1, -0.05) is 0 Å². The van der Waals surface area contributed by atoms with Crippen LogP contribution in [0.2, 0.25) is 0 Å². The molecule has 1 amide bonds. The molecule has 0 radical (unpaired) electrons. The monoisotopic (exact) mass is 203 g/mol. The fraction of sp³-hybridized carbons (Fsp3) is 0.900. The lowest BCUT2D eigenvalue weighted by Gasteiger charge is -2.20. The molecule has 1 N–H and O–H groups in total. The molecule has 0 saturated heterocycles. The molecule has 0 aromatic carbocycles. The van der Waals surface area contributed by atoms with Crippen molar-refractivity contribution >= 4 is 6.09 Å². The average Bonchev–Trinajstić information content (AvgIpc) is 1.98. The van der Waals surface area contributed by atoms with Crippen molar-refractivity contribution in [3.8, 4) is 0 Å². The van der Waals surface area contributed by atoms with Crippen LogP contribution in [0.4, 0.5) is 4.79 Å². The summed E-state index contributed by atoms with van der Waals surface area (Å²) in [6.45, 7) is 10.4. The number of amides is 1. The smallest absolute Gasteiger partial charge is 0.407 e. The minimum absolute atomic E-state index is 0.0503. The number of carbonyl (C=O) groups excluding carboxylic acids is 1. The van der Waals surface area contributed by atoms with Gasteiger partial charge in [-0.3, -0.25) is 0 Å². The Hall–Kier alpha value is -0.770. The van der Waals surface area contributed by atoms with E-state index >= 15 is 0 Å². The van der Waals surface area contributed by atoms with Gasteiger partial charge in [0.05, 0.1) is 6.10 Å². The number of rotatable bonds is 4. The largest absolute Gasteiger partial charge is 0.447 e. The van der Waals surface area contributed by atoms with Gasteiger partial charge in [-0.15, -0.1) is 0 Å². The summed E-state index contributed by atoms with van der Waals surface area (Å²) in [5, 5.41) is 2.70. The van der Waals surface area contributed by atoms with Crippen molar-refractivity contribution in [2.24, 2.45) is 0 Å². The molecule has 0 bridgehead atoms. The summed E-state index contributed by atoms with van der Waals surface area (Å²) >= 11 is 0. The van der Waals surface area contributed by atoms with Crippen LogP contribution < -0.4 is 5.32 Å².